The molecule has 3 aromatic rings. The molecular weight excluding hydrogens is 353 g/mol. The van der Waals surface area contributed by atoms with Crippen LogP contribution in [0.4, 0.5) is 5.69 Å². The summed E-state index contributed by atoms with van der Waals surface area (Å²) < 4.78 is 1.77. The quantitative estimate of drug-likeness (QED) is 0.661. The number of benzene rings is 2. The van der Waals surface area contributed by atoms with Crippen LogP contribution in [-0.2, 0) is 7.05 Å². The molecule has 0 fully saturated rings. The van der Waals surface area contributed by atoms with E-state index in [9.17, 15) is 4.79 Å². The number of hydrogen-bond donors (Lipinski definition) is 2. The third kappa shape index (κ3) is 3.19. The molecule has 0 saturated heterocycles. The summed E-state index contributed by atoms with van der Waals surface area (Å²) in [5.41, 5.74) is 2.01. The fourth-order valence-corrected chi connectivity index (χ4v) is 3.22. The van der Waals surface area contributed by atoms with E-state index < -0.39 is 0 Å². The number of rotatable bonds is 3. The van der Waals surface area contributed by atoms with E-state index in [2.05, 4.69) is 5.32 Å². The minimum absolute atomic E-state index is 0.218. The molecule has 4 nitrogen and oxygen atoms in total. The van der Waals surface area contributed by atoms with E-state index in [1.54, 1.807) is 41.9 Å². The van der Waals surface area contributed by atoms with Gasteiger partial charge in [0.2, 0.25) is 0 Å². The molecule has 2 aromatic carbocycles. The van der Waals surface area contributed by atoms with E-state index in [0.717, 1.165) is 27.7 Å². The van der Waals surface area contributed by atoms with Crippen molar-refractivity contribution in [3.63, 3.8) is 0 Å². The lowest BCUT2D eigenvalue weighted by Crippen LogP contribution is -2.15. The molecule has 3 rings (SSSR count). The number of hydrogen-bond acceptors (Lipinski definition) is 3. The van der Waals surface area contributed by atoms with Crippen molar-refractivity contribution in [1.82, 2.24) is 4.57 Å². The Hall–Kier alpha value is -1.66. The third-order valence-electron chi connectivity index (χ3n) is 3.56. The Labute approximate surface area is 147 Å². The van der Waals surface area contributed by atoms with Crippen LogP contribution in [0.1, 0.15) is 10.5 Å². The van der Waals surface area contributed by atoms with Gasteiger partial charge in [-0.2, -0.15) is 0 Å². The number of fused-ring (bicyclic) bond motifs is 1. The van der Waals surface area contributed by atoms with Gasteiger partial charge in [0, 0.05) is 28.0 Å². The zero-order valence-corrected chi connectivity index (χ0v) is 14.5. The lowest BCUT2D eigenvalue weighted by Gasteiger charge is -2.07. The van der Waals surface area contributed by atoms with Crippen LogP contribution in [0.5, 0.6) is 0 Å². The first-order valence-electron chi connectivity index (χ1n) is 6.72. The van der Waals surface area contributed by atoms with Crippen molar-refractivity contribution in [1.29, 1.82) is 0 Å². The molecule has 1 aromatic heterocycles. The highest BCUT2D eigenvalue weighted by molar-refractivity contribution is 7.97. The van der Waals surface area contributed by atoms with Crippen molar-refractivity contribution in [2.45, 2.75) is 4.90 Å². The molecular formula is C16H13Cl2N3OS. The van der Waals surface area contributed by atoms with Crippen molar-refractivity contribution < 1.29 is 4.79 Å². The number of halogens is 2. The van der Waals surface area contributed by atoms with Gasteiger partial charge in [-0.25, -0.2) is 0 Å². The fraction of sp³-hybridized carbons (Fsp3) is 0.0625. The highest BCUT2D eigenvalue weighted by Gasteiger charge is 2.16. The van der Waals surface area contributed by atoms with Crippen LogP contribution in [0.15, 0.2) is 47.4 Å². The third-order valence-corrected chi connectivity index (χ3v) is 4.63. The number of carbonyl (C=O) groups excluding carboxylic acids is 1. The summed E-state index contributed by atoms with van der Waals surface area (Å²) >= 11 is 13.4. The number of aromatic nitrogens is 1. The monoisotopic (exact) mass is 365 g/mol. The van der Waals surface area contributed by atoms with Crippen molar-refractivity contribution in [2.75, 3.05) is 5.32 Å². The van der Waals surface area contributed by atoms with E-state index in [0.29, 0.717) is 21.4 Å². The molecule has 0 aliphatic rings. The van der Waals surface area contributed by atoms with Crippen LogP contribution >= 0.6 is 35.1 Å². The molecule has 0 aliphatic heterocycles. The summed E-state index contributed by atoms with van der Waals surface area (Å²) in [6.45, 7) is 0. The number of amides is 1. The van der Waals surface area contributed by atoms with E-state index in [-0.39, 0.29) is 5.91 Å². The molecule has 0 unspecified atom stereocenters. The lowest BCUT2D eigenvalue weighted by molar-refractivity contribution is 0.102. The fourth-order valence-electron chi connectivity index (χ4n) is 2.38. The summed E-state index contributed by atoms with van der Waals surface area (Å²) in [6.07, 6.45) is 0. The minimum atomic E-state index is -0.218. The van der Waals surface area contributed by atoms with Gasteiger partial charge >= 0.3 is 0 Å². The molecule has 0 spiro atoms. The van der Waals surface area contributed by atoms with E-state index >= 15 is 0 Å². The maximum atomic E-state index is 12.5. The average molecular weight is 366 g/mol. The number of anilines is 1. The van der Waals surface area contributed by atoms with Gasteiger partial charge in [0.1, 0.15) is 5.69 Å². The van der Waals surface area contributed by atoms with Crippen LogP contribution < -0.4 is 10.5 Å². The molecule has 1 heterocycles. The SMILES string of the molecule is Cn1c(C(=O)Nc2ccc(SN)cc2)cc2c(Cl)cc(Cl)cc21. The summed E-state index contributed by atoms with van der Waals surface area (Å²) in [7, 11) is 1.80. The van der Waals surface area contributed by atoms with Gasteiger partial charge in [0.15, 0.2) is 0 Å². The first kappa shape index (κ1) is 16.2. The highest BCUT2D eigenvalue weighted by atomic mass is 35.5. The predicted octanol–water partition coefficient (Wildman–Crippen LogP) is 4.70. The summed E-state index contributed by atoms with van der Waals surface area (Å²) in [5, 5.41) is 10.2. The van der Waals surface area contributed by atoms with Crippen LogP contribution in [0.2, 0.25) is 10.0 Å². The molecule has 3 N–H and O–H groups in total. The molecule has 0 radical (unpaired) electrons. The standard InChI is InChI=1S/C16H13Cl2N3OS/c1-21-14-7-9(17)6-13(18)12(14)8-15(21)16(22)20-10-2-4-11(23-19)5-3-10/h2-8H,19H2,1H3,(H,20,22). The first-order valence-corrected chi connectivity index (χ1v) is 8.36. The Morgan fingerprint density at radius 2 is 1.87 bits per heavy atom. The first-order chi connectivity index (χ1) is 11.0. The summed E-state index contributed by atoms with van der Waals surface area (Å²) in [6, 6.07) is 12.5. The van der Waals surface area contributed by atoms with Crippen LogP contribution in [0.3, 0.4) is 0 Å². The van der Waals surface area contributed by atoms with Gasteiger partial charge in [0.05, 0.1) is 10.5 Å². The second kappa shape index (κ2) is 6.45. The van der Waals surface area contributed by atoms with E-state index in [1.165, 1.54) is 0 Å². The zero-order valence-electron chi connectivity index (χ0n) is 12.1. The van der Waals surface area contributed by atoms with Crippen LogP contribution in [0, 0.1) is 0 Å². The van der Waals surface area contributed by atoms with Crippen LogP contribution in [-0.4, -0.2) is 10.5 Å². The maximum absolute atomic E-state index is 12.5. The number of carbonyl (C=O) groups is 1. The minimum Gasteiger partial charge on any atom is -0.340 e. The lowest BCUT2D eigenvalue weighted by atomic mass is 10.2. The average Bonchev–Trinajstić information content (AvgIpc) is 2.86. The largest absolute Gasteiger partial charge is 0.340 e. The smallest absolute Gasteiger partial charge is 0.272 e. The van der Waals surface area contributed by atoms with Crippen molar-refractivity contribution in [3.8, 4) is 0 Å². The maximum Gasteiger partial charge on any atom is 0.272 e. The van der Waals surface area contributed by atoms with Gasteiger partial charge in [-0.15, -0.1) is 0 Å². The molecule has 23 heavy (non-hydrogen) atoms. The van der Waals surface area contributed by atoms with Gasteiger partial charge in [-0.3, -0.25) is 9.93 Å². The second-order valence-corrected chi connectivity index (χ2v) is 6.56. The van der Waals surface area contributed by atoms with E-state index in [4.69, 9.17) is 28.3 Å². The topological polar surface area (TPSA) is 60.0 Å². The normalized spacial score (nSPS) is 11.0. The Balaban J connectivity index is 1.94. The Kier molecular flexibility index (Phi) is 4.55. The van der Waals surface area contributed by atoms with Gasteiger partial charge in [-0.1, -0.05) is 23.2 Å². The van der Waals surface area contributed by atoms with Crippen molar-refractivity contribution in [2.24, 2.45) is 12.2 Å². The summed E-state index contributed by atoms with van der Waals surface area (Å²) in [4.78, 5) is 13.4. The second-order valence-electron chi connectivity index (χ2n) is 5.01. The molecule has 118 valence electrons. The zero-order chi connectivity index (χ0) is 16.6. The molecule has 0 atom stereocenters. The molecule has 0 aliphatic carbocycles. The Morgan fingerprint density at radius 3 is 2.52 bits per heavy atom. The Bertz CT molecular complexity index is 890. The Morgan fingerprint density at radius 1 is 1.17 bits per heavy atom. The predicted molar refractivity (Wildman–Crippen MR) is 97.4 cm³/mol. The number of nitrogens with two attached hydrogens (primary N) is 1. The van der Waals surface area contributed by atoms with Gasteiger partial charge < -0.3 is 9.88 Å². The molecule has 7 heteroatoms. The van der Waals surface area contributed by atoms with Crippen molar-refractivity contribution >= 4 is 57.6 Å². The van der Waals surface area contributed by atoms with Gasteiger partial charge in [0.25, 0.3) is 5.91 Å². The van der Waals surface area contributed by atoms with Crippen LogP contribution in [0.25, 0.3) is 10.9 Å². The molecule has 0 bridgehead atoms. The van der Waals surface area contributed by atoms with Crippen molar-refractivity contribution in [3.05, 3.63) is 58.2 Å². The number of nitrogens with one attached hydrogen (secondary N) is 1. The number of nitrogens with zero attached hydrogens (tertiary/aromatic N) is 1. The highest BCUT2D eigenvalue weighted by Crippen LogP contribution is 2.30. The number of aryl methyl sites for hydroxylation is 1. The molecule has 1 amide bonds. The molecule has 0 saturated carbocycles. The van der Waals surface area contributed by atoms with Gasteiger partial charge in [-0.05, 0) is 54.4 Å². The van der Waals surface area contributed by atoms with E-state index in [1.807, 2.05) is 12.1 Å². The summed E-state index contributed by atoms with van der Waals surface area (Å²) in [5.74, 6) is -0.218.